The summed E-state index contributed by atoms with van der Waals surface area (Å²) in [7, 11) is 0. The number of amides is 3. The molecular formula is C24H22F4N4O3. The largest absolute Gasteiger partial charge is 0.416 e. The Labute approximate surface area is 197 Å². The Morgan fingerprint density at radius 2 is 1.80 bits per heavy atom. The summed E-state index contributed by atoms with van der Waals surface area (Å²) < 4.78 is 53.5. The van der Waals surface area contributed by atoms with E-state index in [9.17, 15) is 31.9 Å². The zero-order valence-electron chi connectivity index (χ0n) is 18.7. The monoisotopic (exact) mass is 490 g/mol. The first-order chi connectivity index (χ1) is 16.4. The second kappa shape index (κ2) is 7.50. The molecule has 4 fully saturated rings. The van der Waals surface area contributed by atoms with Crippen LogP contribution in [0, 0.1) is 23.6 Å². The fourth-order valence-corrected chi connectivity index (χ4v) is 5.82. The maximum absolute atomic E-state index is 14.7. The second-order valence-electron chi connectivity index (χ2n) is 9.90. The molecule has 35 heavy (non-hydrogen) atoms. The van der Waals surface area contributed by atoms with Crippen LogP contribution < -0.4 is 10.6 Å². The van der Waals surface area contributed by atoms with Crippen LogP contribution in [0.2, 0.25) is 0 Å². The number of nitrogens with zero attached hydrogens (tertiary/aromatic N) is 3. The van der Waals surface area contributed by atoms with Crippen LogP contribution in [-0.4, -0.2) is 40.2 Å². The minimum Gasteiger partial charge on any atom is -0.369 e. The summed E-state index contributed by atoms with van der Waals surface area (Å²) in [6, 6.07) is 4.56. The Hall–Kier alpha value is -3.50. The first-order valence-electron chi connectivity index (χ1n) is 11.0. The standard InChI is InChI=1S/C24H22F4N4O3/c1-13-6-16(25)19(30-7-13)32-9-17(33)31(8-14-2-4-15(5-3-14)24(26,27)28)18(20(32)34)22-10-23(11-22,12-22)21(29)35/h2-7,18H,8-12H2,1H3,(H2,29,35)/t18-,22?,23?/m1/s1. The van der Waals surface area contributed by atoms with Crippen molar-refractivity contribution in [3.05, 3.63) is 59.0 Å². The van der Waals surface area contributed by atoms with Crippen LogP contribution in [0.15, 0.2) is 36.5 Å². The third-order valence-corrected chi connectivity index (χ3v) is 7.45. The predicted octanol–water partition coefficient (Wildman–Crippen LogP) is 2.95. The van der Waals surface area contributed by atoms with Crippen molar-refractivity contribution in [1.29, 1.82) is 0 Å². The number of carbonyl (C=O) groups is 3. The summed E-state index contributed by atoms with van der Waals surface area (Å²) in [5.41, 5.74) is 4.24. The quantitative estimate of drug-likeness (QED) is 0.652. The summed E-state index contributed by atoms with van der Waals surface area (Å²) in [4.78, 5) is 45.2. The van der Waals surface area contributed by atoms with Crippen molar-refractivity contribution in [3.63, 3.8) is 0 Å². The van der Waals surface area contributed by atoms with Gasteiger partial charge in [0.2, 0.25) is 11.8 Å². The van der Waals surface area contributed by atoms with E-state index in [1.54, 1.807) is 6.92 Å². The molecule has 4 aliphatic rings. The number of rotatable bonds is 5. The Balaban J connectivity index is 1.47. The van der Waals surface area contributed by atoms with E-state index < -0.39 is 58.7 Å². The van der Waals surface area contributed by atoms with Gasteiger partial charge in [-0.15, -0.1) is 0 Å². The topological polar surface area (TPSA) is 96.6 Å². The zero-order valence-corrected chi connectivity index (χ0v) is 18.7. The molecule has 3 saturated carbocycles. The number of piperazine rings is 1. The number of benzene rings is 1. The molecule has 2 aromatic rings. The van der Waals surface area contributed by atoms with E-state index in [1.807, 2.05) is 0 Å². The molecule has 11 heteroatoms. The average Bonchev–Trinajstić information content (AvgIpc) is 2.70. The van der Waals surface area contributed by atoms with Crippen LogP contribution in [0.3, 0.4) is 0 Å². The van der Waals surface area contributed by atoms with Gasteiger partial charge in [-0.2, -0.15) is 13.2 Å². The fourth-order valence-electron chi connectivity index (χ4n) is 5.82. The normalized spacial score (nSPS) is 28.0. The van der Waals surface area contributed by atoms with Crippen molar-refractivity contribution in [2.24, 2.45) is 16.6 Å². The van der Waals surface area contributed by atoms with Crippen molar-refractivity contribution in [1.82, 2.24) is 9.88 Å². The number of nitrogens with two attached hydrogens (primary N) is 1. The van der Waals surface area contributed by atoms with Gasteiger partial charge < -0.3 is 10.6 Å². The Morgan fingerprint density at radius 3 is 2.34 bits per heavy atom. The lowest BCUT2D eigenvalue weighted by Gasteiger charge is -2.72. The highest BCUT2D eigenvalue weighted by Gasteiger charge is 2.76. The summed E-state index contributed by atoms with van der Waals surface area (Å²) in [5, 5.41) is 0. The van der Waals surface area contributed by atoms with Crippen LogP contribution in [0.25, 0.3) is 0 Å². The smallest absolute Gasteiger partial charge is 0.369 e. The van der Waals surface area contributed by atoms with Gasteiger partial charge in [-0.3, -0.25) is 19.3 Å². The van der Waals surface area contributed by atoms with Gasteiger partial charge in [-0.1, -0.05) is 12.1 Å². The molecule has 3 amide bonds. The van der Waals surface area contributed by atoms with Gasteiger partial charge >= 0.3 is 6.18 Å². The molecule has 1 atom stereocenters. The number of aromatic nitrogens is 1. The van der Waals surface area contributed by atoms with Crippen molar-refractivity contribution in [3.8, 4) is 0 Å². The number of hydrogen-bond donors (Lipinski definition) is 1. The maximum Gasteiger partial charge on any atom is 0.416 e. The Morgan fingerprint density at radius 1 is 1.17 bits per heavy atom. The molecule has 0 radical (unpaired) electrons. The highest BCUT2D eigenvalue weighted by atomic mass is 19.4. The number of hydrogen-bond acceptors (Lipinski definition) is 4. The van der Waals surface area contributed by atoms with Crippen LogP contribution >= 0.6 is 0 Å². The van der Waals surface area contributed by atoms with E-state index in [0.717, 1.165) is 17.0 Å². The van der Waals surface area contributed by atoms with Crippen molar-refractivity contribution < 1.29 is 31.9 Å². The summed E-state index contributed by atoms with van der Waals surface area (Å²) >= 11 is 0. The van der Waals surface area contributed by atoms with Crippen molar-refractivity contribution in [2.75, 3.05) is 11.4 Å². The maximum atomic E-state index is 14.7. The molecule has 7 nitrogen and oxygen atoms in total. The molecule has 2 heterocycles. The van der Waals surface area contributed by atoms with E-state index >= 15 is 0 Å². The van der Waals surface area contributed by atoms with Gasteiger partial charge in [-0.25, -0.2) is 9.37 Å². The SMILES string of the molecule is Cc1cnc(N2CC(=O)N(Cc3ccc(C(F)(F)F)cc3)[C@@H](C34CC(C(N)=O)(C3)C4)C2=O)c(F)c1. The third-order valence-electron chi connectivity index (χ3n) is 7.45. The fraction of sp³-hybridized carbons (Fsp3) is 0.417. The highest BCUT2D eigenvalue weighted by molar-refractivity contribution is 6.07. The lowest BCUT2D eigenvalue weighted by Crippen LogP contribution is -2.78. The third kappa shape index (κ3) is 3.55. The first kappa shape index (κ1) is 23.3. The minimum absolute atomic E-state index is 0.101. The number of aryl methyl sites for hydroxylation is 1. The molecule has 0 spiro atoms. The van der Waals surface area contributed by atoms with Crippen LogP contribution in [0.1, 0.15) is 36.0 Å². The molecular weight excluding hydrogens is 468 g/mol. The molecule has 3 aliphatic carbocycles. The van der Waals surface area contributed by atoms with Crippen molar-refractivity contribution in [2.45, 2.75) is 44.9 Å². The van der Waals surface area contributed by atoms with E-state index in [2.05, 4.69) is 4.98 Å². The second-order valence-corrected chi connectivity index (χ2v) is 9.90. The van der Waals surface area contributed by atoms with Crippen molar-refractivity contribution >= 4 is 23.5 Å². The summed E-state index contributed by atoms with van der Waals surface area (Å²) in [5.74, 6) is -2.50. The molecule has 2 N–H and O–H groups in total. The van der Waals surface area contributed by atoms with E-state index in [0.29, 0.717) is 30.4 Å². The Bertz CT molecular complexity index is 1220. The number of pyridine rings is 1. The van der Waals surface area contributed by atoms with Gasteiger partial charge in [-0.05, 0) is 55.5 Å². The van der Waals surface area contributed by atoms with Gasteiger partial charge in [0.05, 0.1) is 11.0 Å². The van der Waals surface area contributed by atoms with E-state index in [4.69, 9.17) is 5.73 Å². The summed E-state index contributed by atoms with van der Waals surface area (Å²) in [6.07, 6.45) is -2.15. The molecule has 0 unspecified atom stereocenters. The summed E-state index contributed by atoms with van der Waals surface area (Å²) in [6.45, 7) is 1.08. The average molecular weight is 490 g/mol. The number of alkyl halides is 3. The lowest BCUT2D eigenvalue weighted by atomic mass is 9.32. The molecule has 1 aliphatic heterocycles. The predicted molar refractivity (Wildman–Crippen MR) is 115 cm³/mol. The van der Waals surface area contributed by atoms with Crippen LogP contribution in [0.4, 0.5) is 23.4 Å². The number of primary amides is 1. The van der Waals surface area contributed by atoms with Gasteiger partial charge in [0.15, 0.2) is 11.6 Å². The van der Waals surface area contributed by atoms with E-state index in [-0.39, 0.29) is 12.4 Å². The van der Waals surface area contributed by atoms with Gasteiger partial charge in [0, 0.05) is 18.2 Å². The van der Waals surface area contributed by atoms with Gasteiger partial charge in [0.1, 0.15) is 12.6 Å². The number of carbonyl (C=O) groups excluding carboxylic acids is 3. The molecule has 1 aromatic carbocycles. The number of halogens is 4. The van der Waals surface area contributed by atoms with Gasteiger partial charge in [0.25, 0.3) is 5.91 Å². The molecule has 2 bridgehead atoms. The van der Waals surface area contributed by atoms with Crippen LogP contribution in [0.5, 0.6) is 0 Å². The van der Waals surface area contributed by atoms with E-state index in [1.165, 1.54) is 29.3 Å². The number of anilines is 1. The minimum atomic E-state index is -4.50. The zero-order chi connectivity index (χ0) is 25.3. The van der Waals surface area contributed by atoms with Crippen LogP contribution in [-0.2, 0) is 27.1 Å². The molecule has 1 saturated heterocycles. The molecule has 6 rings (SSSR count). The first-order valence-corrected chi connectivity index (χ1v) is 11.0. The molecule has 184 valence electrons. The Kier molecular flexibility index (Phi) is 4.98. The highest BCUT2D eigenvalue weighted by Crippen LogP contribution is 2.75. The lowest BCUT2D eigenvalue weighted by molar-refractivity contribution is -0.231. The molecule has 1 aromatic heterocycles.